The zero-order chi connectivity index (χ0) is 21.3. The molecule has 1 fully saturated rings. The number of rotatable bonds is 5. The van der Waals surface area contributed by atoms with Crippen LogP contribution in [0.2, 0.25) is 0 Å². The van der Waals surface area contributed by atoms with Crippen LogP contribution < -0.4 is 11.2 Å². The molecule has 4 rings (SSSR count). The van der Waals surface area contributed by atoms with Gasteiger partial charge in [-0.2, -0.15) is 0 Å². The van der Waals surface area contributed by atoms with Gasteiger partial charge in [0.1, 0.15) is 5.82 Å². The van der Waals surface area contributed by atoms with E-state index in [1.54, 1.807) is 25.2 Å². The van der Waals surface area contributed by atoms with Crippen molar-refractivity contribution in [3.05, 3.63) is 80.7 Å². The number of aryl methyl sites for hydroxylation is 1. The van der Waals surface area contributed by atoms with Gasteiger partial charge in [-0.25, -0.2) is 9.18 Å². The average Bonchev–Trinajstić information content (AvgIpc) is 2.78. The molecule has 1 aliphatic heterocycles. The summed E-state index contributed by atoms with van der Waals surface area (Å²) >= 11 is 0. The number of nitrogens with zero attached hydrogens (tertiary/aromatic N) is 3. The van der Waals surface area contributed by atoms with Gasteiger partial charge < -0.3 is 4.90 Å². The molecule has 3 aromatic rings. The smallest absolute Gasteiger partial charge is 0.302 e. The van der Waals surface area contributed by atoms with Crippen molar-refractivity contribution in [2.45, 2.75) is 19.4 Å². The van der Waals surface area contributed by atoms with Crippen molar-refractivity contribution in [2.24, 2.45) is 13.0 Å². The van der Waals surface area contributed by atoms with Crippen LogP contribution >= 0.6 is 0 Å². The van der Waals surface area contributed by atoms with Gasteiger partial charge >= 0.3 is 5.69 Å². The van der Waals surface area contributed by atoms with Crippen LogP contribution in [0.15, 0.2) is 58.1 Å². The second-order valence-electron chi connectivity index (χ2n) is 7.80. The molecule has 0 bridgehead atoms. The number of halogens is 1. The Bertz CT molecular complexity index is 1190. The Kier molecular flexibility index (Phi) is 5.63. The summed E-state index contributed by atoms with van der Waals surface area (Å²) in [4.78, 5) is 40.2. The van der Waals surface area contributed by atoms with Crippen molar-refractivity contribution >= 4 is 16.7 Å². The minimum atomic E-state index is -0.351. The molecule has 0 saturated carbocycles. The second-order valence-corrected chi connectivity index (χ2v) is 7.80. The van der Waals surface area contributed by atoms with E-state index in [-0.39, 0.29) is 28.8 Å². The number of fused-ring (bicyclic) bond motifs is 1. The Morgan fingerprint density at radius 3 is 2.37 bits per heavy atom. The predicted molar refractivity (Wildman–Crippen MR) is 113 cm³/mol. The van der Waals surface area contributed by atoms with Crippen LogP contribution in [-0.2, 0) is 13.6 Å². The molecule has 0 amide bonds. The molecule has 0 spiro atoms. The summed E-state index contributed by atoms with van der Waals surface area (Å²) in [6, 6.07) is 12.8. The van der Waals surface area contributed by atoms with Crippen molar-refractivity contribution in [1.29, 1.82) is 0 Å². The highest BCUT2D eigenvalue weighted by Gasteiger charge is 2.26. The lowest BCUT2D eigenvalue weighted by Gasteiger charge is -2.31. The normalized spacial score (nSPS) is 15.5. The van der Waals surface area contributed by atoms with Gasteiger partial charge in [-0.05, 0) is 62.3 Å². The Labute approximate surface area is 173 Å². The third-order valence-corrected chi connectivity index (χ3v) is 5.99. The first-order chi connectivity index (χ1) is 14.5. The molecule has 2 heterocycles. The van der Waals surface area contributed by atoms with Crippen molar-refractivity contribution in [3.8, 4) is 0 Å². The van der Waals surface area contributed by atoms with E-state index in [0.29, 0.717) is 42.4 Å². The quantitative estimate of drug-likeness (QED) is 0.609. The Balaban J connectivity index is 1.41. The first kappa shape index (κ1) is 20.2. The number of carbonyl (C=O) groups excluding carboxylic acids is 1. The van der Waals surface area contributed by atoms with Crippen LogP contribution in [0.3, 0.4) is 0 Å². The standard InChI is InChI=1S/C23H24FN3O3/c1-25-20-5-3-2-4-19(20)22(29)27(23(25)30)15-14-26-12-10-17(11-13-26)21(28)16-6-8-18(24)9-7-16/h2-9,17H,10-15H2,1H3/i1-1. The van der Waals surface area contributed by atoms with Gasteiger partial charge in [0.25, 0.3) is 5.56 Å². The van der Waals surface area contributed by atoms with Gasteiger partial charge in [0.15, 0.2) is 5.78 Å². The minimum absolute atomic E-state index is 0.0502. The fourth-order valence-corrected chi connectivity index (χ4v) is 4.17. The molecule has 1 saturated heterocycles. The first-order valence-corrected chi connectivity index (χ1v) is 10.2. The zero-order valence-electron chi connectivity index (χ0n) is 16.9. The van der Waals surface area contributed by atoms with Crippen molar-refractivity contribution in [1.82, 2.24) is 14.0 Å². The van der Waals surface area contributed by atoms with Gasteiger partial charge in [-0.1, -0.05) is 12.1 Å². The Hall–Kier alpha value is -3.06. The molecule has 7 heteroatoms. The molecule has 6 nitrogen and oxygen atoms in total. The van der Waals surface area contributed by atoms with E-state index in [9.17, 15) is 18.8 Å². The fraction of sp³-hybridized carbons (Fsp3) is 0.348. The van der Waals surface area contributed by atoms with E-state index in [4.69, 9.17) is 0 Å². The molecule has 2 aromatic carbocycles. The third kappa shape index (κ3) is 3.85. The first-order valence-electron chi connectivity index (χ1n) is 10.2. The molecule has 0 atom stereocenters. The number of Topliss-reactive ketones (excluding diaryl/α,β-unsaturated/α-hetero) is 1. The summed E-state index contributed by atoms with van der Waals surface area (Å²) in [6.45, 7) is 2.33. The maximum absolute atomic E-state index is 13.1. The minimum Gasteiger partial charge on any atom is -0.302 e. The molecule has 1 aromatic heterocycles. The SMILES string of the molecule is [11CH3]n1c(=O)n(CCN2CCC(C(=O)c3ccc(F)cc3)CC2)c(=O)c2ccccc21. The maximum atomic E-state index is 13.1. The van der Waals surface area contributed by atoms with Crippen LogP contribution in [0, 0.1) is 11.7 Å². The summed E-state index contributed by atoms with van der Waals surface area (Å²) in [6.07, 6.45) is 1.42. The van der Waals surface area contributed by atoms with Crippen LogP contribution in [0.5, 0.6) is 0 Å². The summed E-state index contributed by atoms with van der Waals surface area (Å²) < 4.78 is 15.9. The number of likely N-dealkylation sites (tertiary alicyclic amines) is 1. The highest BCUT2D eigenvalue weighted by atomic mass is 19.1. The van der Waals surface area contributed by atoms with Gasteiger partial charge in [0, 0.05) is 31.6 Å². The number of piperidine rings is 1. The lowest BCUT2D eigenvalue weighted by atomic mass is 9.89. The van der Waals surface area contributed by atoms with E-state index in [0.717, 1.165) is 13.1 Å². The van der Waals surface area contributed by atoms with E-state index in [1.807, 2.05) is 6.07 Å². The van der Waals surface area contributed by atoms with Crippen molar-refractivity contribution < 1.29 is 9.18 Å². The topological polar surface area (TPSA) is 64.3 Å². The van der Waals surface area contributed by atoms with Crippen LogP contribution in [0.25, 0.3) is 10.9 Å². The Morgan fingerprint density at radius 2 is 1.67 bits per heavy atom. The number of carbonyl (C=O) groups is 1. The maximum Gasteiger partial charge on any atom is 0.331 e. The predicted octanol–water partition coefficient (Wildman–Crippen LogP) is 2.43. The molecular weight excluding hydrogens is 384 g/mol. The van der Waals surface area contributed by atoms with Crippen LogP contribution in [0.4, 0.5) is 4.39 Å². The molecule has 1 aliphatic rings. The van der Waals surface area contributed by atoms with Gasteiger partial charge in [-0.15, -0.1) is 0 Å². The van der Waals surface area contributed by atoms with Crippen LogP contribution in [0.1, 0.15) is 23.2 Å². The van der Waals surface area contributed by atoms with E-state index in [1.165, 1.54) is 33.4 Å². The largest absolute Gasteiger partial charge is 0.331 e. The lowest BCUT2D eigenvalue weighted by Crippen LogP contribution is -2.44. The van der Waals surface area contributed by atoms with Gasteiger partial charge in [0.2, 0.25) is 0 Å². The zero-order valence-corrected chi connectivity index (χ0v) is 16.9. The molecule has 0 aliphatic carbocycles. The average molecular weight is 408 g/mol. The highest BCUT2D eigenvalue weighted by Crippen LogP contribution is 2.22. The molecule has 0 unspecified atom stereocenters. The number of ketones is 1. The Morgan fingerprint density at radius 1 is 1.00 bits per heavy atom. The van der Waals surface area contributed by atoms with E-state index < -0.39 is 0 Å². The van der Waals surface area contributed by atoms with E-state index >= 15 is 0 Å². The van der Waals surface area contributed by atoms with Crippen molar-refractivity contribution in [2.75, 3.05) is 19.6 Å². The second kappa shape index (κ2) is 8.36. The number of para-hydroxylation sites is 1. The van der Waals surface area contributed by atoms with Crippen LogP contribution in [-0.4, -0.2) is 39.5 Å². The van der Waals surface area contributed by atoms with Crippen molar-refractivity contribution in [3.63, 3.8) is 0 Å². The summed E-state index contributed by atoms with van der Waals surface area (Å²) in [5.74, 6) is -0.381. The summed E-state index contributed by atoms with van der Waals surface area (Å²) in [5, 5.41) is 0.531. The number of hydrogen-bond acceptors (Lipinski definition) is 4. The molecule has 0 radical (unpaired) electrons. The summed E-state index contributed by atoms with van der Waals surface area (Å²) in [7, 11) is 1.67. The molecular formula is C23H24FN3O3. The molecule has 156 valence electrons. The molecule has 30 heavy (non-hydrogen) atoms. The van der Waals surface area contributed by atoms with Gasteiger partial charge in [0.05, 0.1) is 10.9 Å². The monoisotopic (exact) mass is 408 g/mol. The number of hydrogen-bond donors (Lipinski definition) is 0. The third-order valence-electron chi connectivity index (χ3n) is 5.99. The highest BCUT2D eigenvalue weighted by molar-refractivity contribution is 5.97. The fourth-order valence-electron chi connectivity index (χ4n) is 4.17. The number of benzene rings is 2. The number of aromatic nitrogens is 2. The lowest BCUT2D eigenvalue weighted by molar-refractivity contribution is 0.0837. The van der Waals surface area contributed by atoms with Gasteiger partial charge in [-0.3, -0.25) is 18.7 Å². The molecule has 0 N–H and O–H groups in total. The van der Waals surface area contributed by atoms with E-state index in [2.05, 4.69) is 4.90 Å². The summed E-state index contributed by atoms with van der Waals surface area (Å²) in [5.41, 5.74) is 0.583.